The van der Waals surface area contributed by atoms with E-state index in [4.69, 9.17) is 0 Å². The second-order valence-electron chi connectivity index (χ2n) is 2.68. The Morgan fingerprint density at radius 1 is 1.46 bits per heavy atom. The van der Waals surface area contributed by atoms with E-state index >= 15 is 0 Å². The van der Waals surface area contributed by atoms with Crippen LogP contribution in [0.2, 0.25) is 0 Å². The van der Waals surface area contributed by atoms with Gasteiger partial charge in [-0.25, -0.2) is 0 Å². The Balaban J connectivity index is 2.80. The molecular formula is C12H12S. The summed E-state index contributed by atoms with van der Waals surface area (Å²) in [7, 11) is 0. The molecule has 0 atom stereocenters. The van der Waals surface area contributed by atoms with Crippen LogP contribution < -0.4 is 0 Å². The van der Waals surface area contributed by atoms with Crippen LogP contribution in [-0.4, -0.2) is 0 Å². The van der Waals surface area contributed by atoms with Crippen molar-refractivity contribution in [1.82, 2.24) is 0 Å². The maximum absolute atomic E-state index is 3.89. The number of aryl methyl sites for hydroxylation is 1. The highest BCUT2D eigenvalue weighted by molar-refractivity contribution is 8.03. The Morgan fingerprint density at radius 3 is 2.77 bits per heavy atom. The van der Waals surface area contributed by atoms with Crippen molar-refractivity contribution in [3.8, 4) is 0 Å². The van der Waals surface area contributed by atoms with Gasteiger partial charge in [-0.1, -0.05) is 43.1 Å². The molecule has 0 aromatic heterocycles. The van der Waals surface area contributed by atoms with Gasteiger partial charge in [0.2, 0.25) is 0 Å². The lowest BCUT2D eigenvalue weighted by Crippen LogP contribution is -1.77. The molecule has 0 amide bonds. The van der Waals surface area contributed by atoms with Gasteiger partial charge in [0.15, 0.2) is 0 Å². The fraction of sp³-hybridized carbons (Fsp3) is 0.0833. The van der Waals surface area contributed by atoms with Crippen LogP contribution in [0.1, 0.15) is 5.56 Å². The van der Waals surface area contributed by atoms with E-state index in [-0.39, 0.29) is 0 Å². The SMILES string of the molecule is C=C=CC(=C)Sc1ccccc1C. The maximum Gasteiger partial charge on any atom is 0.0151 e. The van der Waals surface area contributed by atoms with Crippen molar-refractivity contribution in [2.45, 2.75) is 11.8 Å². The molecule has 1 aromatic rings. The number of thioether (sulfide) groups is 1. The molecule has 0 unspecified atom stereocenters. The van der Waals surface area contributed by atoms with Crippen molar-refractivity contribution in [3.63, 3.8) is 0 Å². The number of allylic oxidation sites excluding steroid dienone is 1. The molecule has 0 aliphatic heterocycles. The Hall–Kier alpha value is -1.17. The van der Waals surface area contributed by atoms with Crippen LogP contribution in [0, 0.1) is 6.92 Å². The molecule has 0 aliphatic rings. The van der Waals surface area contributed by atoms with Crippen molar-refractivity contribution in [1.29, 1.82) is 0 Å². The van der Waals surface area contributed by atoms with E-state index < -0.39 is 0 Å². The summed E-state index contributed by atoms with van der Waals surface area (Å²) in [6.45, 7) is 9.49. The number of benzene rings is 1. The van der Waals surface area contributed by atoms with Gasteiger partial charge in [0, 0.05) is 9.80 Å². The third-order valence-electron chi connectivity index (χ3n) is 1.60. The van der Waals surface area contributed by atoms with Crippen LogP contribution in [0.4, 0.5) is 0 Å². The van der Waals surface area contributed by atoms with Crippen molar-refractivity contribution in [2.24, 2.45) is 0 Å². The van der Waals surface area contributed by atoms with Crippen LogP contribution in [0.5, 0.6) is 0 Å². The lowest BCUT2D eigenvalue weighted by atomic mass is 10.2. The first-order valence-electron chi connectivity index (χ1n) is 4.02. The van der Waals surface area contributed by atoms with E-state index in [0.717, 1.165) is 4.91 Å². The summed E-state index contributed by atoms with van der Waals surface area (Å²) >= 11 is 1.64. The molecule has 1 rings (SSSR count). The zero-order valence-electron chi connectivity index (χ0n) is 7.71. The summed E-state index contributed by atoms with van der Waals surface area (Å²) in [5.41, 5.74) is 3.98. The lowest BCUT2D eigenvalue weighted by molar-refractivity contribution is 1.31. The molecule has 0 aliphatic carbocycles. The van der Waals surface area contributed by atoms with Gasteiger partial charge in [-0.15, -0.1) is 5.73 Å². The second kappa shape index (κ2) is 4.76. The normalized spacial score (nSPS) is 9.00. The predicted octanol–water partition coefficient (Wildman–Crippen LogP) is 3.94. The summed E-state index contributed by atoms with van der Waals surface area (Å²) in [6.07, 6.45) is 1.79. The molecule has 0 spiro atoms. The van der Waals surface area contributed by atoms with Crippen molar-refractivity contribution in [2.75, 3.05) is 0 Å². The average Bonchev–Trinajstić information content (AvgIpc) is 2.09. The van der Waals surface area contributed by atoms with E-state index in [1.807, 2.05) is 12.1 Å². The molecule has 0 N–H and O–H groups in total. The Labute approximate surface area is 83.7 Å². The fourth-order valence-corrected chi connectivity index (χ4v) is 1.76. The zero-order valence-corrected chi connectivity index (χ0v) is 8.53. The van der Waals surface area contributed by atoms with Gasteiger partial charge in [0.1, 0.15) is 0 Å². The molecule has 66 valence electrons. The maximum atomic E-state index is 3.89. The second-order valence-corrected chi connectivity index (χ2v) is 3.85. The largest absolute Gasteiger partial charge is 0.128 e. The van der Waals surface area contributed by atoms with Crippen LogP contribution in [0.25, 0.3) is 0 Å². The highest BCUT2D eigenvalue weighted by Gasteiger charge is 1.97. The Kier molecular flexibility index (Phi) is 3.63. The van der Waals surface area contributed by atoms with Crippen molar-refractivity contribution < 1.29 is 0 Å². The summed E-state index contributed by atoms with van der Waals surface area (Å²) in [4.78, 5) is 2.20. The molecule has 0 nitrogen and oxygen atoms in total. The molecular weight excluding hydrogens is 176 g/mol. The van der Waals surface area contributed by atoms with Gasteiger partial charge in [-0.3, -0.25) is 0 Å². The topological polar surface area (TPSA) is 0 Å². The van der Waals surface area contributed by atoms with Gasteiger partial charge in [-0.05, 0) is 24.6 Å². The number of rotatable bonds is 3. The summed E-state index contributed by atoms with van der Waals surface area (Å²) < 4.78 is 0. The first-order chi connectivity index (χ1) is 6.24. The van der Waals surface area contributed by atoms with E-state index in [9.17, 15) is 0 Å². The van der Waals surface area contributed by atoms with Gasteiger partial charge < -0.3 is 0 Å². The molecule has 0 saturated heterocycles. The molecule has 0 fully saturated rings. The molecule has 1 aromatic carbocycles. The van der Waals surface area contributed by atoms with Gasteiger partial charge in [-0.2, -0.15) is 0 Å². The van der Waals surface area contributed by atoms with Crippen LogP contribution in [0.15, 0.2) is 59.0 Å². The smallest absolute Gasteiger partial charge is 0.0151 e. The molecule has 0 saturated carbocycles. The summed E-state index contributed by atoms with van der Waals surface area (Å²) in [6, 6.07) is 8.24. The summed E-state index contributed by atoms with van der Waals surface area (Å²) in [5.74, 6) is 0. The monoisotopic (exact) mass is 188 g/mol. The minimum atomic E-state index is 0.962. The van der Waals surface area contributed by atoms with E-state index in [1.165, 1.54) is 10.5 Å². The minimum Gasteiger partial charge on any atom is -0.128 e. The third kappa shape index (κ3) is 2.98. The molecule has 0 bridgehead atoms. The highest BCUT2D eigenvalue weighted by atomic mass is 32.2. The minimum absolute atomic E-state index is 0.962. The predicted molar refractivity (Wildman–Crippen MR) is 59.9 cm³/mol. The summed E-state index contributed by atoms with van der Waals surface area (Å²) in [5, 5.41) is 0. The molecule has 1 heteroatoms. The van der Waals surface area contributed by atoms with E-state index in [2.05, 4.69) is 37.9 Å². The third-order valence-corrected chi connectivity index (χ3v) is 2.66. The highest BCUT2D eigenvalue weighted by Crippen LogP contribution is 2.28. The molecule has 13 heavy (non-hydrogen) atoms. The van der Waals surface area contributed by atoms with Crippen molar-refractivity contribution in [3.05, 3.63) is 59.7 Å². The Bertz CT molecular complexity index is 357. The van der Waals surface area contributed by atoms with Crippen LogP contribution in [0.3, 0.4) is 0 Å². The van der Waals surface area contributed by atoms with E-state index in [0.29, 0.717) is 0 Å². The molecule has 0 radical (unpaired) electrons. The fourth-order valence-electron chi connectivity index (χ4n) is 0.955. The van der Waals surface area contributed by atoms with Crippen LogP contribution >= 0.6 is 11.8 Å². The molecule has 0 heterocycles. The zero-order chi connectivity index (χ0) is 9.68. The van der Waals surface area contributed by atoms with Crippen LogP contribution in [-0.2, 0) is 0 Å². The number of hydrogen-bond donors (Lipinski definition) is 0. The van der Waals surface area contributed by atoms with Gasteiger partial charge >= 0.3 is 0 Å². The first kappa shape index (κ1) is 9.91. The van der Waals surface area contributed by atoms with Gasteiger partial charge in [0.05, 0.1) is 0 Å². The van der Waals surface area contributed by atoms with Gasteiger partial charge in [0.25, 0.3) is 0 Å². The standard InChI is InChI=1S/C12H12S/c1-4-7-11(3)13-12-9-6-5-8-10(12)2/h5-9H,1,3H2,2H3. The quantitative estimate of drug-likeness (QED) is 0.393. The van der Waals surface area contributed by atoms with E-state index in [1.54, 1.807) is 17.8 Å². The first-order valence-corrected chi connectivity index (χ1v) is 4.84. The lowest BCUT2D eigenvalue weighted by Gasteiger charge is -2.03. The van der Waals surface area contributed by atoms with Crippen molar-refractivity contribution >= 4 is 11.8 Å². The average molecular weight is 188 g/mol. The Morgan fingerprint density at radius 2 is 2.15 bits per heavy atom. The number of hydrogen-bond acceptors (Lipinski definition) is 1.